The predicted molar refractivity (Wildman–Crippen MR) is 137 cm³/mol. The maximum atomic E-state index is 14.8. The van der Waals surface area contributed by atoms with E-state index in [1.807, 2.05) is 0 Å². The zero-order valence-corrected chi connectivity index (χ0v) is 23.2. The van der Waals surface area contributed by atoms with Gasteiger partial charge in [0.05, 0.1) is 12.2 Å². The third-order valence-corrected chi connectivity index (χ3v) is 8.17. The summed E-state index contributed by atoms with van der Waals surface area (Å²) in [6.45, 7) is 8.11. The van der Waals surface area contributed by atoms with Gasteiger partial charge in [0.15, 0.2) is 0 Å². The van der Waals surface area contributed by atoms with Gasteiger partial charge in [-0.05, 0) is 75.6 Å². The number of halogens is 5. The van der Waals surface area contributed by atoms with Crippen molar-refractivity contribution in [2.75, 3.05) is 6.61 Å². The van der Waals surface area contributed by atoms with Crippen LogP contribution < -0.4 is 0 Å². The summed E-state index contributed by atoms with van der Waals surface area (Å²) in [6.07, 6.45) is -5.83. The van der Waals surface area contributed by atoms with Gasteiger partial charge < -0.3 is 14.6 Å². The van der Waals surface area contributed by atoms with Gasteiger partial charge in [-0.25, -0.2) is 4.79 Å². The van der Waals surface area contributed by atoms with Crippen LogP contribution in [0.3, 0.4) is 0 Å². The molecular weight excluding hydrogens is 552 g/mol. The lowest BCUT2D eigenvalue weighted by atomic mass is 9.78. The fraction of sp³-hybridized carbons (Fsp3) is 0.462. The molecule has 0 bridgehead atoms. The van der Waals surface area contributed by atoms with Crippen LogP contribution >= 0.6 is 35.0 Å². The Morgan fingerprint density at radius 1 is 1.08 bits per heavy atom. The first-order chi connectivity index (χ1) is 16.9. The summed E-state index contributed by atoms with van der Waals surface area (Å²) in [4.78, 5) is 25.5. The molecule has 1 fully saturated rings. The highest BCUT2D eigenvalue weighted by molar-refractivity contribution is 8.02. The number of rotatable bonds is 5. The number of benzene rings is 2. The van der Waals surface area contributed by atoms with Gasteiger partial charge >= 0.3 is 18.1 Å². The Morgan fingerprint density at radius 2 is 1.68 bits per heavy atom. The quantitative estimate of drug-likeness (QED) is 0.386. The van der Waals surface area contributed by atoms with E-state index in [2.05, 4.69) is 0 Å². The number of aryl methyl sites for hydroxylation is 1. The summed E-state index contributed by atoms with van der Waals surface area (Å²) in [5.74, 6) is -1.62. The number of hydrogen-bond donors (Lipinski definition) is 1. The standard InChI is InChI=1S/C26H27Cl2F3O5S/c1-6-35-22(33)20-24(34,15-7-8-19(14(2)9-15)21(32)36-23(3,4)5)13-25(37-20,26(29,30)31)16-10-17(27)12-18(28)11-16/h7-12,20,34H,6,13H2,1-5H3/t20?,24?,25-/m0/s1. The predicted octanol–water partition coefficient (Wildman–Crippen LogP) is 6.97. The fourth-order valence-electron chi connectivity index (χ4n) is 4.31. The van der Waals surface area contributed by atoms with Crippen LogP contribution in [0, 0.1) is 6.92 Å². The van der Waals surface area contributed by atoms with Crippen LogP contribution in [-0.2, 0) is 24.6 Å². The molecule has 1 saturated heterocycles. The number of hydrogen-bond acceptors (Lipinski definition) is 6. The molecule has 2 unspecified atom stereocenters. The largest absolute Gasteiger partial charge is 0.465 e. The molecule has 1 aliphatic rings. The summed E-state index contributed by atoms with van der Waals surface area (Å²) in [5, 5.41) is 10.2. The van der Waals surface area contributed by atoms with Gasteiger partial charge in [0.1, 0.15) is 21.2 Å². The molecule has 1 aliphatic heterocycles. The van der Waals surface area contributed by atoms with Crippen molar-refractivity contribution in [3.8, 4) is 0 Å². The molecule has 0 saturated carbocycles. The summed E-state index contributed by atoms with van der Waals surface area (Å²) in [7, 11) is 0. The van der Waals surface area contributed by atoms with Crippen molar-refractivity contribution in [1.29, 1.82) is 0 Å². The molecule has 0 amide bonds. The van der Waals surface area contributed by atoms with Crippen molar-refractivity contribution in [2.24, 2.45) is 0 Å². The van der Waals surface area contributed by atoms with E-state index in [0.717, 1.165) is 12.1 Å². The molecule has 3 rings (SSSR count). The van der Waals surface area contributed by atoms with Gasteiger partial charge in [0.2, 0.25) is 0 Å². The number of alkyl halides is 3. The molecule has 1 heterocycles. The van der Waals surface area contributed by atoms with Crippen molar-refractivity contribution >= 4 is 46.9 Å². The van der Waals surface area contributed by atoms with E-state index in [0.29, 0.717) is 5.56 Å². The van der Waals surface area contributed by atoms with Gasteiger partial charge in [-0.15, -0.1) is 11.8 Å². The number of aliphatic hydroxyl groups is 1. The second-order valence-corrected chi connectivity index (χ2v) is 12.1. The van der Waals surface area contributed by atoms with Crippen LogP contribution in [0.25, 0.3) is 0 Å². The molecule has 2 aromatic carbocycles. The number of carbonyl (C=O) groups excluding carboxylic acids is 2. The van der Waals surface area contributed by atoms with Crippen molar-refractivity contribution in [1.82, 2.24) is 0 Å². The molecule has 0 aliphatic carbocycles. The third-order valence-electron chi connectivity index (χ3n) is 5.90. The second-order valence-electron chi connectivity index (χ2n) is 9.87. The molecular formula is C26H27Cl2F3O5S. The zero-order valence-electron chi connectivity index (χ0n) is 20.8. The van der Waals surface area contributed by atoms with E-state index in [4.69, 9.17) is 32.7 Å². The van der Waals surface area contributed by atoms with Gasteiger partial charge in [-0.1, -0.05) is 35.3 Å². The Balaban J connectivity index is 2.18. The SMILES string of the molecule is CCOC(=O)C1S[C@@](c2cc(Cl)cc(Cl)c2)(C(F)(F)F)CC1(O)c1ccc(C(=O)OC(C)(C)C)c(C)c1. The summed E-state index contributed by atoms with van der Waals surface area (Å²) >= 11 is 12.3. The van der Waals surface area contributed by atoms with Crippen LogP contribution in [-0.4, -0.2) is 40.7 Å². The van der Waals surface area contributed by atoms with Crippen molar-refractivity contribution in [2.45, 2.75) is 68.4 Å². The van der Waals surface area contributed by atoms with Gasteiger partial charge in [0, 0.05) is 16.5 Å². The van der Waals surface area contributed by atoms with E-state index in [-0.39, 0.29) is 45.1 Å². The first kappa shape index (κ1) is 29.6. The second kappa shape index (κ2) is 10.3. The van der Waals surface area contributed by atoms with E-state index in [1.54, 1.807) is 27.7 Å². The van der Waals surface area contributed by atoms with Crippen LogP contribution in [0.1, 0.15) is 61.2 Å². The minimum absolute atomic E-state index is 0.0209. The molecule has 11 heteroatoms. The Kier molecular flexibility index (Phi) is 8.26. The maximum absolute atomic E-state index is 14.8. The molecule has 5 nitrogen and oxygen atoms in total. The molecule has 2 aromatic rings. The number of carbonyl (C=O) groups is 2. The lowest BCUT2D eigenvalue weighted by Gasteiger charge is -2.33. The lowest BCUT2D eigenvalue weighted by molar-refractivity contribution is -0.174. The van der Waals surface area contributed by atoms with Gasteiger partial charge in [0.25, 0.3) is 0 Å². The van der Waals surface area contributed by atoms with Crippen molar-refractivity contribution < 1.29 is 37.3 Å². The van der Waals surface area contributed by atoms with Gasteiger partial charge in [-0.3, -0.25) is 4.79 Å². The Hall–Kier alpha value is -1.94. The first-order valence-electron chi connectivity index (χ1n) is 11.4. The maximum Gasteiger partial charge on any atom is 0.407 e. The minimum Gasteiger partial charge on any atom is -0.465 e. The smallest absolute Gasteiger partial charge is 0.407 e. The van der Waals surface area contributed by atoms with Crippen LogP contribution in [0.15, 0.2) is 36.4 Å². The van der Waals surface area contributed by atoms with E-state index in [9.17, 15) is 27.9 Å². The summed E-state index contributed by atoms with van der Waals surface area (Å²) in [6, 6.07) is 7.63. The molecule has 1 N–H and O–H groups in total. The van der Waals surface area contributed by atoms with Crippen molar-refractivity contribution in [3.63, 3.8) is 0 Å². The Bertz CT molecular complexity index is 1190. The summed E-state index contributed by atoms with van der Waals surface area (Å²) < 4.78 is 52.2. The van der Waals surface area contributed by atoms with E-state index >= 15 is 0 Å². The number of esters is 2. The summed E-state index contributed by atoms with van der Waals surface area (Å²) in [5.41, 5.74) is -2.79. The molecule has 0 aromatic heterocycles. The highest BCUT2D eigenvalue weighted by Crippen LogP contribution is 2.65. The highest BCUT2D eigenvalue weighted by atomic mass is 35.5. The number of ether oxygens (including phenoxy) is 2. The van der Waals surface area contributed by atoms with Gasteiger partial charge in [-0.2, -0.15) is 13.2 Å². The monoisotopic (exact) mass is 578 g/mol. The molecule has 202 valence electrons. The normalized spacial score (nSPS) is 24.1. The average Bonchev–Trinajstić information content (AvgIpc) is 3.08. The zero-order chi connectivity index (χ0) is 28.0. The average molecular weight is 579 g/mol. The minimum atomic E-state index is -4.91. The Morgan fingerprint density at radius 3 is 2.16 bits per heavy atom. The molecule has 0 spiro atoms. The Labute approximate surface area is 227 Å². The molecule has 0 radical (unpaired) electrons. The van der Waals surface area contributed by atoms with E-state index in [1.165, 1.54) is 31.2 Å². The molecule has 37 heavy (non-hydrogen) atoms. The third kappa shape index (κ3) is 5.90. The van der Waals surface area contributed by atoms with Crippen LogP contribution in [0.2, 0.25) is 10.0 Å². The first-order valence-corrected chi connectivity index (χ1v) is 13.0. The fourth-order valence-corrected chi connectivity index (χ4v) is 6.51. The number of thioether (sulfide) groups is 1. The van der Waals surface area contributed by atoms with Crippen LogP contribution in [0.4, 0.5) is 13.2 Å². The lowest BCUT2D eigenvalue weighted by Crippen LogP contribution is -2.42. The highest BCUT2D eigenvalue weighted by Gasteiger charge is 2.69. The topological polar surface area (TPSA) is 72.8 Å². The van der Waals surface area contributed by atoms with Crippen LogP contribution in [0.5, 0.6) is 0 Å². The molecule has 3 atom stereocenters. The van der Waals surface area contributed by atoms with Crippen molar-refractivity contribution in [3.05, 3.63) is 68.7 Å². The van der Waals surface area contributed by atoms with E-state index < -0.39 is 45.7 Å².